The molecule has 0 saturated heterocycles. The van der Waals surface area contributed by atoms with Crippen molar-refractivity contribution in [2.45, 2.75) is 19.5 Å². The van der Waals surface area contributed by atoms with E-state index in [1.54, 1.807) is 6.07 Å². The van der Waals surface area contributed by atoms with Crippen LogP contribution in [0, 0.1) is 0 Å². The van der Waals surface area contributed by atoms with Crippen LogP contribution >= 0.6 is 46.4 Å². The highest BCUT2D eigenvalue weighted by molar-refractivity contribution is 6.48. The van der Waals surface area contributed by atoms with E-state index in [9.17, 15) is 0 Å². The second-order valence-electron chi connectivity index (χ2n) is 4.49. The Hall–Kier alpha value is -0.440. The molecule has 2 aromatic carbocycles. The normalized spacial score (nSPS) is 12.4. The summed E-state index contributed by atoms with van der Waals surface area (Å²) in [4.78, 5) is 0. The Morgan fingerprint density at radius 2 is 1.55 bits per heavy atom. The van der Waals surface area contributed by atoms with Crippen molar-refractivity contribution >= 4 is 46.4 Å². The van der Waals surface area contributed by atoms with Crippen molar-refractivity contribution in [2.75, 3.05) is 0 Å². The average Bonchev–Trinajstić information content (AvgIpc) is 2.44. The molecule has 1 N–H and O–H groups in total. The van der Waals surface area contributed by atoms with Gasteiger partial charge in [-0.2, -0.15) is 0 Å². The fourth-order valence-electron chi connectivity index (χ4n) is 1.86. The zero-order chi connectivity index (χ0) is 14.7. The molecule has 5 heteroatoms. The van der Waals surface area contributed by atoms with E-state index in [4.69, 9.17) is 46.4 Å². The molecule has 0 aromatic heterocycles. The molecule has 0 aliphatic rings. The standard InChI is InChI=1S/C15H13Cl4N/c1-9(12-6-7-13(17)15(19)14(12)18)20-8-10-2-4-11(16)5-3-10/h2-7,9,20H,8H2,1H3. The second-order valence-corrected chi connectivity index (χ2v) is 6.09. The molecule has 1 atom stereocenters. The Labute approximate surface area is 138 Å². The minimum Gasteiger partial charge on any atom is -0.306 e. The van der Waals surface area contributed by atoms with Crippen LogP contribution in [0.5, 0.6) is 0 Å². The molecule has 0 aliphatic heterocycles. The van der Waals surface area contributed by atoms with Crippen LogP contribution in [0.25, 0.3) is 0 Å². The number of benzene rings is 2. The van der Waals surface area contributed by atoms with Crippen molar-refractivity contribution in [3.63, 3.8) is 0 Å². The van der Waals surface area contributed by atoms with E-state index in [1.807, 2.05) is 37.3 Å². The Morgan fingerprint density at radius 1 is 0.900 bits per heavy atom. The summed E-state index contributed by atoms with van der Waals surface area (Å²) in [7, 11) is 0. The predicted octanol–water partition coefficient (Wildman–Crippen LogP) is 6.15. The summed E-state index contributed by atoms with van der Waals surface area (Å²) < 4.78 is 0. The zero-order valence-corrected chi connectivity index (χ0v) is 13.8. The van der Waals surface area contributed by atoms with Crippen LogP contribution in [-0.2, 0) is 6.54 Å². The quantitative estimate of drug-likeness (QED) is 0.653. The smallest absolute Gasteiger partial charge is 0.0781 e. The highest BCUT2D eigenvalue weighted by atomic mass is 35.5. The minimum atomic E-state index is 0.0629. The number of halogens is 4. The number of hydrogen-bond acceptors (Lipinski definition) is 1. The average molecular weight is 349 g/mol. The third-order valence-corrected chi connectivity index (χ3v) is 4.62. The van der Waals surface area contributed by atoms with Gasteiger partial charge >= 0.3 is 0 Å². The van der Waals surface area contributed by atoms with Crippen LogP contribution in [0.2, 0.25) is 20.1 Å². The number of rotatable bonds is 4. The summed E-state index contributed by atoms with van der Waals surface area (Å²) in [6.07, 6.45) is 0. The molecule has 1 nitrogen and oxygen atoms in total. The molecule has 0 saturated carbocycles. The molecule has 0 amide bonds. The summed E-state index contributed by atoms with van der Waals surface area (Å²) >= 11 is 24.1. The Kier molecular flexibility index (Phi) is 5.59. The van der Waals surface area contributed by atoms with Gasteiger partial charge in [0, 0.05) is 17.6 Å². The fraction of sp³-hybridized carbons (Fsp3) is 0.200. The Bertz CT molecular complexity index is 596. The van der Waals surface area contributed by atoms with E-state index in [2.05, 4.69) is 5.32 Å². The fourth-order valence-corrected chi connectivity index (χ4v) is 2.69. The van der Waals surface area contributed by atoms with Crippen molar-refractivity contribution in [2.24, 2.45) is 0 Å². The molecule has 20 heavy (non-hydrogen) atoms. The highest BCUT2D eigenvalue weighted by Gasteiger charge is 2.13. The van der Waals surface area contributed by atoms with Gasteiger partial charge in [0.2, 0.25) is 0 Å². The first-order chi connectivity index (χ1) is 9.49. The third kappa shape index (κ3) is 3.81. The topological polar surface area (TPSA) is 12.0 Å². The molecule has 2 rings (SSSR count). The van der Waals surface area contributed by atoms with Crippen LogP contribution in [0.3, 0.4) is 0 Å². The van der Waals surface area contributed by atoms with E-state index in [0.717, 1.165) is 22.7 Å². The van der Waals surface area contributed by atoms with Gasteiger partial charge < -0.3 is 5.32 Å². The van der Waals surface area contributed by atoms with Crippen molar-refractivity contribution in [3.05, 3.63) is 67.6 Å². The lowest BCUT2D eigenvalue weighted by Crippen LogP contribution is -2.18. The molecule has 0 spiro atoms. The van der Waals surface area contributed by atoms with Crippen LogP contribution in [0.4, 0.5) is 0 Å². The van der Waals surface area contributed by atoms with Crippen LogP contribution in [0.15, 0.2) is 36.4 Å². The molecular weight excluding hydrogens is 336 g/mol. The van der Waals surface area contributed by atoms with Gasteiger partial charge in [0.15, 0.2) is 0 Å². The van der Waals surface area contributed by atoms with Gasteiger partial charge in [0.1, 0.15) is 0 Å². The number of hydrogen-bond donors (Lipinski definition) is 1. The van der Waals surface area contributed by atoms with Gasteiger partial charge in [-0.1, -0.05) is 64.6 Å². The molecule has 1 unspecified atom stereocenters. The molecule has 0 bridgehead atoms. The maximum absolute atomic E-state index is 6.22. The third-order valence-electron chi connectivity index (χ3n) is 3.06. The second kappa shape index (κ2) is 7.02. The lowest BCUT2D eigenvalue weighted by molar-refractivity contribution is 0.575. The van der Waals surface area contributed by atoms with Gasteiger partial charge in [0.25, 0.3) is 0 Å². The first kappa shape index (κ1) is 15.9. The lowest BCUT2D eigenvalue weighted by Gasteiger charge is -2.17. The molecule has 0 radical (unpaired) electrons. The molecule has 106 valence electrons. The maximum Gasteiger partial charge on any atom is 0.0781 e. The van der Waals surface area contributed by atoms with Crippen molar-refractivity contribution < 1.29 is 0 Å². The summed E-state index contributed by atoms with van der Waals surface area (Å²) in [5, 5.41) is 5.48. The molecular formula is C15H13Cl4N. The number of nitrogens with one attached hydrogen (secondary N) is 1. The summed E-state index contributed by atoms with van der Waals surface area (Å²) in [6, 6.07) is 11.4. The van der Waals surface area contributed by atoms with Crippen molar-refractivity contribution in [1.29, 1.82) is 0 Å². The first-order valence-corrected chi connectivity index (χ1v) is 7.61. The molecule has 2 aromatic rings. The van der Waals surface area contributed by atoms with Crippen molar-refractivity contribution in [3.8, 4) is 0 Å². The van der Waals surface area contributed by atoms with E-state index in [0.29, 0.717) is 15.1 Å². The van der Waals surface area contributed by atoms with Gasteiger partial charge in [-0.25, -0.2) is 0 Å². The largest absolute Gasteiger partial charge is 0.306 e. The van der Waals surface area contributed by atoms with E-state index in [1.165, 1.54) is 0 Å². The summed E-state index contributed by atoms with van der Waals surface area (Å²) in [5.74, 6) is 0. The summed E-state index contributed by atoms with van der Waals surface area (Å²) in [5.41, 5.74) is 2.08. The monoisotopic (exact) mass is 347 g/mol. The first-order valence-electron chi connectivity index (χ1n) is 6.10. The van der Waals surface area contributed by atoms with Crippen LogP contribution in [0.1, 0.15) is 24.1 Å². The Morgan fingerprint density at radius 3 is 2.20 bits per heavy atom. The van der Waals surface area contributed by atoms with Crippen LogP contribution in [-0.4, -0.2) is 0 Å². The van der Waals surface area contributed by atoms with Crippen molar-refractivity contribution in [1.82, 2.24) is 5.32 Å². The highest BCUT2D eigenvalue weighted by Crippen LogP contribution is 2.35. The van der Waals surface area contributed by atoms with Gasteiger partial charge in [-0.3, -0.25) is 0 Å². The summed E-state index contributed by atoms with van der Waals surface area (Å²) in [6.45, 7) is 2.75. The minimum absolute atomic E-state index is 0.0629. The van der Waals surface area contributed by atoms with Gasteiger partial charge in [-0.05, 0) is 36.2 Å². The maximum atomic E-state index is 6.22. The predicted molar refractivity (Wildman–Crippen MR) is 88.2 cm³/mol. The molecule has 0 heterocycles. The van der Waals surface area contributed by atoms with E-state index >= 15 is 0 Å². The SMILES string of the molecule is CC(NCc1ccc(Cl)cc1)c1ccc(Cl)c(Cl)c1Cl. The van der Waals surface area contributed by atoms with E-state index < -0.39 is 0 Å². The lowest BCUT2D eigenvalue weighted by atomic mass is 10.1. The zero-order valence-electron chi connectivity index (χ0n) is 10.8. The van der Waals surface area contributed by atoms with Gasteiger partial charge in [0.05, 0.1) is 15.1 Å². The van der Waals surface area contributed by atoms with Crippen LogP contribution < -0.4 is 5.32 Å². The van der Waals surface area contributed by atoms with E-state index in [-0.39, 0.29) is 6.04 Å². The van der Waals surface area contributed by atoms with Gasteiger partial charge in [-0.15, -0.1) is 0 Å². The Balaban J connectivity index is 2.07. The molecule has 0 aliphatic carbocycles. The molecule has 0 fully saturated rings.